The van der Waals surface area contributed by atoms with Gasteiger partial charge in [0.15, 0.2) is 6.10 Å². The maximum Gasteiger partial charge on any atom is 0.425 e. The lowest BCUT2D eigenvalue weighted by atomic mass is 9.77. The number of carbonyl (C=O) groups excluding carboxylic acids is 4. The minimum Gasteiger partial charge on any atom is -0.458 e. The van der Waals surface area contributed by atoms with E-state index in [4.69, 9.17) is 14.2 Å². The first kappa shape index (κ1) is 33.5. The Morgan fingerprint density at radius 2 is 1.68 bits per heavy atom. The third-order valence-electron chi connectivity index (χ3n) is 9.43. The van der Waals surface area contributed by atoms with E-state index in [0.717, 1.165) is 22.9 Å². The second-order valence-corrected chi connectivity index (χ2v) is 12.8. The molecule has 2 fully saturated rings. The second-order valence-electron chi connectivity index (χ2n) is 12.8. The van der Waals surface area contributed by atoms with Gasteiger partial charge in [-0.15, -0.1) is 0 Å². The molecule has 10 nitrogen and oxygen atoms in total. The van der Waals surface area contributed by atoms with Crippen LogP contribution < -0.4 is 5.43 Å². The number of hydrogen-bond donors (Lipinski definition) is 1. The van der Waals surface area contributed by atoms with Gasteiger partial charge in [0.1, 0.15) is 29.6 Å². The van der Waals surface area contributed by atoms with Gasteiger partial charge in [-0.3, -0.25) is 19.4 Å². The molecule has 1 N–H and O–H groups in total. The zero-order valence-electron chi connectivity index (χ0n) is 27.0. The number of hydrogen-bond acceptors (Lipinski definition) is 9. The number of cyclic esters (lactones) is 1. The lowest BCUT2D eigenvalue weighted by Gasteiger charge is -2.37. The van der Waals surface area contributed by atoms with Crippen molar-refractivity contribution in [3.05, 3.63) is 42.1 Å². The predicted octanol–water partition coefficient (Wildman–Crippen LogP) is 5.06. The number of methoxy groups -OCH3 is 1. The molecule has 0 bridgehead atoms. The Morgan fingerprint density at radius 3 is 2.36 bits per heavy atom. The molecule has 4 rings (SSSR count). The average Bonchev–Trinajstić information content (AvgIpc) is 3.34. The number of esters is 1. The van der Waals surface area contributed by atoms with E-state index in [-0.39, 0.29) is 11.6 Å². The van der Waals surface area contributed by atoms with E-state index in [2.05, 4.69) is 10.4 Å². The van der Waals surface area contributed by atoms with Gasteiger partial charge >= 0.3 is 12.1 Å². The van der Waals surface area contributed by atoms with Crippen LogP contribution in [0.25, 0.3) is 10.9 Å². The molecule has 240 valence electrons. The van der Waals surface area contributed by atoms with E-state index in [1.165, 1.54) is 5.01 Å². The Bertz CT molecular complexity index is 1360. The lowest BCUT2D eigenvalue weighted by molar-refractivity contribution is -0.163. The normalized spacial score (nSPS) is 32.2. The summed E-state index contributed by atoms with van der Waals surface area (Å²) >= 11 is 0. The number of nitrogens with zero attached hydrogens (tertiary/aromatic N) is 2. The average molecular weight is 610 g/mol. The molecular weight excluding hydrogens is 562 g/mol. The Morgan fingerprint density at radius 1 is 1.00 bits per heavy atom. The zero-order chi connectivity index (χ0) is 32.2. The molecule has 10 heteroatoms. The molecule has 2 aliphatic rings. The third kappa shape index (κ3) is 7.12. The van der Waals surface area contributed by atoms with Gasteiger partial charge in [0.2, 0.25) is 0 Å². The van der Waals surface area contributed by atoms with E-state index < -0.39 is 59.6 Å². The predicted molar refractivity (Wildman–Crippen MR) is 165 cm³/mol. The number of fused-ring (bicyclic) bond motifs is 2. The highest BCUT2D eigenvalue weighted by Crippen LogP contribution is 2.35. The SMILES string of the molecule is CCC1OC(=O)C(C)C(=O)C(C)C[C@@](C)(OC)C[C@@H](C)C(=O)[C@H](C)[C@@H]2C1OC(=O)N2NCCCc1ccnc2ccccc12. The molecule has 1 aromatic heterocycles. The van der Waals surface area contributed by atoms with Crippen molar-refractivity contribution in [2.45, 2.75) is 97.5 Å². The molecular formula is C34H47N3O7. The maximum atomic E-state index is 14.0. The van der Waals surface area contributed by atoms with Gasteiger partial charge in [-0.2, -0.15) is 0 Å². The maximum absolute atomic E-state index is 14.0. The number of aryl methyl sites for hydroxylation is 1. The molecule has 3 heterocycles. The number of Topliss-reactive ketones (excluding diaryl/α,β-unsaturated/α-hetero) is 2. The Labute approximate surface area is 260 Å². The molecule has 4 unspecified atom stereocenters. The Hall–Kier alpha value is -3.37. The van der Waals surface area contributed by atoms with Gasteiger partial charge in [0, 0.05) is 43.0 Å². The van der Waals surface area contributed by atoms with E-state index >= 15 is 0 Å². The number of nitrogens with one attached hydrogen (secondary N) is 1. The molecule has 1 aromatic carbocycles. The fraction of sp³-hybridized carbons (Fsp3) is 0.618. The molecule has 8 atom stereocenters. The molecule has 2 saturated heterocycles. The molecule has 1 amide bonds. The van der Waals surface area contributed by atoms with Crippen LogP contribution in [0.3, 0.4) is 0 Å². The molecule has 2 aliphatic heterocycles. The number of benzene rings is 1. The number of para-hydroxylation sites is 1. The van der Waals surface area contributed by atoms with Gasteiger partial charge in [-0.25, -0.2) is 15.2 Å². The molecule has 0 aliphatic carbocycles. The Balaban J connectivity index is 1.58. The van der Waals surface area contributed by atoms with Crippen molar-refractivity contribution in [3.8, 4) is 0 Å². The van der Waals surface area contributed by atoms with Gasteiger partial charge < -0.3 is 14.2 Å². The summed E-state index contributed by atoms with van der Waals surface area (Å²) in [4.78, 5) is 58.2. The summed E-state index contributed by atoms with van der Waals surface area (Å²) in [6, 6.07) is 9.26. The minimum atomic E-state index is -0.992. The monoisotopic (exact) mass is 609 g/mol. The molecule has 0 spiro atoms. The number of ketones is 2. The molecule has 2 aromatic rings. The minimum absolute atomic E-state index is 0.0535. The van der Waals surface area contributed by atoms with Crippen molar-refractivity contribution in [1.29, 1.82) is 0 Å². The van der Waals surface area contributed by atoms with Gasteiger partial charge in [0.05, 0.1) is 11.1 Å². The van der Waals surface area contributed by atoms with Crippen LogP contribution >= 0.6 is 0 Å². The van der Waals surface area contributed by atoms with Gasteiger partial charge in [0.25, 0.3) is 0 Å². The molecule has 44 heavy (non-hydrogen) atoms. The first-order chi connectivity index (χ1) is 20.9. The van der Waals surface area contributed by atoms with Crippen LogP contribution in [0, 0.1) is 23.7 Å². The quantitative estimate of drug-likeness (QED) is 0.260. The number of aromatic nitrogens is 1. The summed E-state index contributed by atoms with van der Waals surface area (Å²) < 4.78 is 17.5. The summed E-state index contributed by atoms with van der Waals surface area (Å²) in [6.45, 7) is 11.2. The first-order valence-corrected chi connectivity index (χ1v) is 15.8. The summed E-state index contributed by atoms with van der Waals surface area (Å²) in [5.41, 5.74) is 4.55. The number of amides is 1. The van der Waals surface area contributed by atoms with Crippen molar-refractivity contribution in [2.75, 3.05) is 13.7 Å². The molecule has 0 saturated carbocycles. The number of pyridine rings is 1. The van der Waals surface area contributed by atoms with Crippen LogP contribution in [0.5, 0.6) is 0 Å². The van der Waals surface area contributed by atoms with Crippen LogP contribution in [0.1, 0.15) is 72.8 Å². The van der Waals surface area contributed by atoms with E-state index in [1.807, 2.05) is 51.1 Å². The van der Waals surface area contributed by atoms with Gasteiger partial charge in [-0.05, 0) is 63.6 Å². The van der Waals surface area contributed by atoms with Crippen molar-refractivity contribution in [3.63, 3.8) is 0 Å². The second kappa shape index (κ2) is 14.2. The molecule has 0 radical (unpaired) electrons. The highest BCUT2D eigenvalue weighted by Gasteiger charge is 2.52. The summed E-state index contributed by atoms with van der Waals surface area (Å²) in [5, 5.41) is 2.49. The van der Waals surface area contributed by atoms with E-state index in [1.54, 1.807) is 34.1 Å². The standard InChI is InChI=1S/C34H47N3O7/c1-8-27-31-28(37(33(41)44-31)36-16-11-12-24-15-17-35-26-14-10-9-13-25(24)26)22(4)29(38)20(2)18-34(6,42-7)19-21(3)30(39)23(5)32(40)43-27/h9-10,13-15,17,20-23,27-28,31,36H,8,11-12,16,18-19H2,1-7H3/t20-,21?,22-,23?,27?,28-,31?,34+/m1/s1. The van der Waals surface area contributed by atoms with Crippen LogP contribution in [0.15, 0.2) is 36.5 Å². The summed E-state index contributed by atoms with van der Waals surface area (Å²) in [7, 11) is 1.57. The highest BCUT2D eigenvalue weighted by atomic mass is 16.6. The van der Waals surface area contributed by atoms with Crippen molar-refractivity contribution >= 4 is 34.5 Å². The van der Waals surface area contributed by atoms with E-state index in [0.29, 0.717) is 32.2 Å². The number of rotatable bonds is 7. The lowest BCUT2D eigenvalue weighted by Crippen LogP contribution is -2.55. The fourth-order valence-electron chi connectivity index (χ4n) is 6.88. The largest absolute Gasteiger partial charge is 0.458 e. The summed E-state index contributed by atoms with van der Waals surface area (Å²) in [5.74, 6) is -3.49. The number of hydrazine groups is 1. The van der Waals surface area contributed by atoms with Crippen LogP contribution in [0.2, 0.25) is 0 Å². The highest BCUT2D eigenvalue weighted by molar-refractivity contribution is 5.99. The van der Waals surface area contributed by atoms with Crippen molar-refractivity contribution < 1.29 is 33.4 Å². The summed E-state index contributed by atoms with van der Waals surface area (Å²) in [6.07, 6.45) is 2.02. The smallest absolute Gasteiger partial charge is 0.425 e. The third-order valence-corrected chi connectivity index (χ3v) is 9.43. The van der Waals surface area contributed by atoms with E-state index in [9.17, 15) is 19.2 Å². The van der Waals surface area contributed by atoms with Crippen LogP contribution in [0.4, 0.5) is 4.79 Å². The number of carbonyl (C=O) groups is 4. The first-order valence-electron chi connectivity index (χ1n) is 15.8. The fourth-order valence-corrected chi connectivity index (χ4v) is 6.88. The van der Waals surface area contributed by atoms with Crippen LogP contribution in [-0.4, -0.2) is 71.1 Å². The zero-order valence-corrected chi connectivity index (χ0v) is 27.0. The topological polar surface area (TPSA) is 124 Å². The van der Waals surface area contributed by atoms with Crippen molar-refractivity contribution in [2.24, 2.45) is 23.7 Å². The number of ether oxygens (including phenoxy) is 3. The Kier molecular flexibility index (Phi) is 10.8. The van der Waals surface area contributed by atoms with Crippen molar-refractivity contribution in [1.82, 2.24) is 15.4 Å². The van der Waals surface area contributed by atoms with Gasteiger partial charge in [-0.1, -0.05) is 45.9 Å². The van der Waals surface area contributed by atoms with Crippen LogP contribution in [-0.2, 0) is 35.0 Å².